The molecular weight excluding hydrogens is 210 g/mol. The summed E-state index contributed by atoms with van der Waals surface area (Å²) in [5.74, 6) is 0.783. The lowest BCUT2D eigenvalue weighted by Crippen LogP contribution is -2.17. The molecule has 0 aromatic heterocycles. The number of hydrogen-bond acceptors (Lipinski definition) is 3. The zero-order valence-electron chi connectivity index (χ0n) is 8.53. The van der Waals surface area contributed by atoms with Gasteiger partial charge < -0.3 is 10.1 Å². The van der Waals surface area contributed by atoms with Crippen LogP contribution in [0, 0.1) is 0 Å². The number of methoxy groups -OCH3 is 1. The summed E-state index contributed by atoms with van der Waals surface area (Å²) in [6.45, 7) is 4.01. The van der Waals surface area contributed by atoms with Gasteiger partial charge in [0.1, 0.15) is 5.75 Å². The van der Waals surface area contributed by atoms with Gasteiger partial charge in [0.2, 0.25) is 0 Å². The highest BCUT2D eigenvalue weighted by atomic mass is 32.2. The van der Waals surface area contributed by atoms with E-state index in [0.29, 0.717) is 6.54 Å². The van der Waals surface area contributed by atoms with Crippen LogP contribution >= 0.6 is 11.8 Å². The van der Waals surface area contributed by atoms with E-state index >= 15 is 0 Å². The Hall–Kier alpha value is -1.42. The second-order valence-electron chi connectivity index (χ2n) is 2.73. The zero-order valence-corrected chi connectivity index (χ0v) is 9.34. The molecule has 4 heteroatoms. The second-order valence-corrected chi connectivity index (χ2v) is 3.78. The predicted molar refractivity (Wildman–Crippen MR) is 62.4 cm³/mol. The fourth-order valence-electron chi connectivity index (χ4n) is 0.942. The number of thioether (sulfide) groups is 1. The highest BCUT2D eigenvalue weighted by Crippen LogP contribution is 2.21. The Kier molecular flexibility index (Phi) is 4.77. The summed E-state index contributed by atoms with van der Waals surface area (Å²) in [5.41, 5.74) is 0. The van der Waals surface area contributed by atoms with Gasteiger partial charge in [0.15, 0.2) is 0 Å². The van der Waals surface area contributed by atoms with Gasteiger partial charge in [0, 0.05) is 11.4 Å². The maximum Gasteiger partial charge on any atom is 0.284 e. The predicted octanol–water partition coefficient (Wildman–Crippen LogP) is 2.68. The number of carbonyl (C=O) groups is 1. The standard InChI is InChI=1S/C11H13NO2S/c1-3-8-12-11(13)15-10-6-4-9(14-2)5-7-10/h3-7H,1,8H2,2H3,(H,12,13). The molecule has 80 valence electrons. The van der Waals surface area contributed by atoms with E-state index in [4.69, 9.17) is 4.74 Å². The maximum atomic E-state index is 11.3. The van der Waals surface area contributed by atoms with Crippen LogP contribution in [0.4, 0.5) is 4.79 Å². The van der Waals surface area contributed by atoms with E-state index in [0.717, 1.165) is 22.4 Å². The number of rotatable bonds is 4. The Bertz CT molecular complexity index is 335. The minimum atomic E-state index is -0.0833. The van der Waals surface area contributed by atoms with Crippen molar-refractivity contribution in [2.24, 2.45) is 0 Å². The molecule has 0 unspecified atom stereocenters. The number of benzene rings is 1. The summed E-state index contributed by atoms with van der Waals surface area (Å²) in [6.07, 6.45) is 1.65. The van der Waals surface area contributed by atoms with E-state index in [1.54, 1.807) is 13.2 Å². The van der Waals surface area contributed by atoms with Crippen molar-refractivity contribution in [3.05, 3.63) is 36.9 Å². The molecular formula is C11H13NO2S. The van der Waals surface area contributed by atoms with Crippen molar-refractivity contribution < 1.29 is 9.53 Å². The monoisotopic (exact) mass is 223 g/mol. The summed E-state index contributed by atoms with van der Waals surface area (Å²) < 4.78 is 5.02. The number of ether oxygens (including phenoxy) is 1. The Morgan fingerprint density at radius 3 is 2.73 bits per heavy atom. The molecule has 0 atom stereocenters. The van der Waals surface area contributed by atoms with Gasteiger partial charge in [0.05, 0.1) is 7.11 Å². The first-order chi connectivity index (χ1) is 7.26. The highest BCUT2D eigenvalue weighted by molar-refractivity contribution is 8.13. The third kappa shape index (κ3) is 4.08. The topological polar surface area (TPSA) is 38.3 Å². The van der Waals surface area contributed by atoms with Gasteiger partial charge in [-0.1, -0.05) is 6.08 Å². The Morgan fingerprint density at radius 1 is 1.53 bits per heavy atom. The number of nitrogens with one attached hydrogen (secondary N) is 1. The van der Waals surface area contributed by atoms with Crippen LogP contribution in [-0.4, -0.2) is 18.9 Å². The van der Waals surface area contributed by atoms with Gasteiger partial charge in [-0.25, -0.2) is 0 Å². The highest BCUT2D eigenvalue weighted by Gasteiger charge is 2.02. The van der Waals surface area contributed by atoms with Crippen LogP contribution in [0.15, 0.2) is 41.8 Å². The van der Waals surface area contributed by atoms with Crippen LogP contribution < -0.4 is 10.1 Å². The molecule has 1 N–H and O–H groups in total. The van der Waals surface area contributed by atoms with E-state index in [-0.39, 0.29) is 5.24 Å². The normalized spacial score (nSPS) is 9.40. The molecule has 0 bridgehead atoms. The molecule has 0 saturated heterocycles. The van der Waals surface area contributed by atoms with Crippen LogP contribution in [0.25, 0.3) is 0 Å². The van der Waals surface area contributed by atoms with Crippen molar-refractivity contribution >= 4 is 17.0 Å². The summed E-state index contributed by atoms with van der Waals surface area (Å²) >= 11 is 1.15. The van der Waals surface area contributed by atoms with E-state index in [2.05, 4.69) is 11.9 Å². The fourth-order valence-corrected chi connectivity index (χ4v) is 1.58. The van der Waals surface area contributed by atoms with Gasteiger partial charge in [-0.05, 0) is 36.0 Å². The van der Waals surface area contributed by atoms with Crippen molar-refractivity contribution in [2.75, 3.05) is 13.7 Å². The summed E-state index contributed by atoms with van der Waals surface area (Å²) in [7, 11) is 1.61. The summed E-state index contributed by atoms with van der Waals surface area (Å²) in [4.78, 5) is 12.2. The molecule has 0 spiro atoms. The lowest BCUT2D eigenvalue weighted by Gasteiger charge is -2.03. The molecule has 1 aromatic rings. The second kappa shape index (κ2) is 6.14. The Labute approximate surface area is 93.5 Å². The van der Waals surface area contributed by atoms with Crippen molar-refractivity contribution in [3.8, 4) is 5.75 Å². The van der Waals surface area contributed by atoms with Crippen molar-refractivity contribution in [3.63, 3.8) is 0 Å². The van der Waals surface area contributed by atoms with Gasteiger partial charge in [-0.15, -0.1) is 6.58 Å². The Balaban J connectivity index is 2.49. The first-order valence-corrected chi connectivity index (χ1v) is 5.28. The van der Waals surface area contributed by atoms with Crippen LogP contribution in [-0.2, 0) is 0 Å². The largest absolute Gasteiger partial charge is 0.497 e. The molecule has 1 rings (SSSR count). The molecule has 1 aromatic carbocycles. The molecule has 0 aliphatic carbocycles. The molecule has 3 nitrogen and oxygen atoms in total. The van der Waals surface area contributed by atoms with Crippen molar-refractivity contribution in [1.29, 1.82) is 0 Å². The third-order valence-electron chi connectivity index (χ3n) is 1.66. The molecule has 0 aliphatic rings. The molecule has 0 radical (unpaired) electrons. The molecule has 0 heterocycles. The molecule has 0 aliphatic heterocycles. The van der Waals surface area contributed by atoms with Gasteiger partial charge >= 0.3 is 0 Å². The quantitative estimate of drug-likeness (QED) is 0.630. The van der Waals surface area contributed by atoms with E-state index < -0.39 is 0 Å². The summed E-state index contributed by atoms with van der Waals surface area (Å²) in [5, 5.41) is 2.60. The third-order valence-corrected chi connectivity index (χ3v) is 2.50. The van der Waals surface area contributed by atoms with Crippen LogP contribution in [0.2, 0.25) is 0 Å². The zero-order chi connectivity index (χ0) is 11.1. The number of hydrogen-bond donors (Lipinski definition) is 1. The number of amides is 1. The fraction of sp³-hybridized carbons (Fsp3) is 0.182. The molecule has 1 amide bonds. The lowest BCUT2D eigenvalue weighted by molar-refractivity contribution is 0.261. The van der Waals surface area contributed by atoms with Crippen molar-refractivity contribution in [2.45, 2.75) is 4.90 Å². The average Bonchev–Trinajstić information content (AvgIpc) is 2.27. The van der Waals surface area contributed by atoms with E-state index in [9.17, 15) is 4.79 Å². The van der Waals surface area contributed by atoms with E-state index in [1.165, 1.54) is 0 Å². The van der Waals surface area contributed by atoms with Crippen molar-refractivity contribution in [1.82, 2.24) is 5.32 Å². The van der Waals surface area contributed by atoms with Crippen LogP contribution in [0.1, 0.15) is 0 Å². The minimum absolute atomic E-state index is 0.0833. The first-order valence-electron chi connectivity index (χ1n) is 4.47. The molecule has 0 fully saturated rings. The Morgan fingerprint density at radius 2 is 2.20 bits per heavy atom. The van der Waals surface area contributed by atoms with Gasteiger partial charge in [0.25, 0.3) is 5.24 Å². The average molecular weight is 223 g/mol. The smallest absolute Gasteiger partial charge is 0.284 e. The SMILES string of the molecule is C=CCNC(=O)Sc1ccc(OC)cc1. The summed E-state index contributed by atoms with van der Waals surface area (Å²) in [6, 6.07) is 7.33. The van der Waals surface area contributed by atoms with Gasteiger partial charge in [-0.2, -0.15) is 0 Å². The molecule has 0 saturated carbocycles. The van der Waals surface area contributed by atoms with Gasteiger partial charge in [-0.3, -0.25) is 4.79 Å². The van der Waals surface area contributed by atoms with Crippen LogP contribution in [0.5, 0.6) is 5.75 Å². The van der Waals surface area contributed by atoms with Crippen LogP contribution in [0.3, 0.4) is 0 Å². The maximum absolute atomic E-state index is 11.3. The molecule has 15 heavy (non-hydrogen) atoms. The van der Waals surface area contributed by atoms with E-state index in [1.807, 2.05) is 24.3 Å². The minimum Gasteiger partial charge on any atom is -0.497 e. The number of carbonyl (C=O) groups excluding carboxylic acids is 1. The first kappa shape index (κ1) is 11.7. The lowest BCUT2D eigenvalue weighted by atomic mass is 10.3.